The molecule has 0 aliphatic carbocycles. The number of fused-ring (bicyclic) bond motifs is 2. The van der Waals surface area contributed by atoms with Gasteiger partial charge in [0.15, 0.2) is 0 Å². The summed E-state index contributed by atoms with van der Waals surface area (Å²) in [6.07, 6.45) is 9.89. The van der Waals surface area contributed by atoms with E-state index >= 15 is 0 Å². The smallest absolute Gasteiger partial charge is 0.242 e. The summed E-state index contributed by atoms with van der Waals surface area (Å²) in [6, 6.07) is 40.9. The van der Waals surface area contributed by atoms with Gasteiger partial charge in [0.05, 0.1) is 41.9 Å². The van der Waals surface area contributed by atoms with Crippen LogP contribution in [0.25, 0.3) is 44.8 Å². The standard InChI is InChI=1S/2C15H13N2.C7H5N4.Ir/c2*1-12-6-5-7-13(10-12)17-11-16(2)14-8-3-4-9-15(14)17;1-2-4-8-6(3-1)7-5-9-11-10-7;/h2*3-6,8-10H,1-2H3;1-5H;/q3*-1;. The molecule has 0 spiro atoms. The van der Waals surface area contributed by atoms with E-state index in [1.165, 1.54) is 22.2 Å². The van der Waals surface area contributed by atoms with Crippen molar-refractivity contribution in [1.82, 2.24) is 29.5 Å². The van der Waals surface area contributed by atoms with Gasteiger partial charge in [0.25, 0.3) is 0 Å². The van der Waals surface area contributed by atoms with Crippen LogP contribution in [-0.4, -0.2) is 24.4 Å². The number of aryl methyl sites for hydroxylation is 4. The number of nitrogens with zero attached hydrogens (tertiary/aromatic N) is 8. The van der Waals surface area contributed by atoms with Crippen molar-refractivity contribution in [2.45, 2.75) is 13.8 Å². The summed E-state index contributed by atoms with van der Waals surface area (Å²) in [6.45, 7) is 4.17. The van der Waals surface area contributed by atoms with Crippen LogP contribution in [0.4, 0.5) is 0 Å². The first-order valence-corrected chi connectivity index (χ1v) is 14.5. The minimum absolute atomic E-state index is 0. The second kappa shape index (κ2) is 14.7. The number of hydrogen-bond donors (Lipinski definition) is 0. The maximum absolute atomic E-state index is 4.08. The number of pyridine rings is 1. The second-order valence-electron chi connectivity index (χ2n) is 10.5. The molecule has 1 radical (unpaired) electrons. The Labute approximate surface area is 282 Å². The van der Waals surface area contributed by atoms with Crippen LogP contribution in [0.15, 0.2) is 116 Å². The molecule has 8 aromatic rings. The van der Waals surface area contributed by atoms with Gasteiger partial charge in [-0.3, -0.25) is 10.2 Å². The summed E-state index contributed by atoms with van der Waals surface area (Å²) in [5.41, 5.74) is 10.7. The fourth-order valence-electron chi connectivity index (χ4n) is 4.95. The zero-order valence-electron chi connectivity index (χ0n) is 25.9. The van der Waals surface area contributed by atoms with E-state index in [9.17, 15) is 0 Å². The van der Waals surface area contributed by atoms with Crippen molar-refractivity contribution in [3.63, 3.8) is 0 Å². The first-order chi connectivity index (χ1) is 22.0. The van der Waals surface area contributed by atoms with Gasteiger partial charge in [-0.05, 0) is 17.8 Å². The van der Waals surface area contributed by atoms with Crippen molar-refractivity contribution in [2.75, 3.05) is 0 Å². The number of para-hydroxylation sites is 4. The molecule has 0 N–H and O–H groups in total. The minimum Gasteiger partial charge on any atom is -0.358 e. The molecule has 8 nitrogen and oxygen atoms in total. The summed E-state index contributed by atoms with van der Waals surface area (Å²) >= 11 is 0. The summed E-state index contributed by atoms with van der Waals surface area (Å²) in [4.78, 5) is 4.08. The van der Waals surface area contributed by atoms with E-state index in [0.29, 0.717) is 5.69 Å². The molecule has 0 aliphatic heterocycles. The van der Waals surface area contributed by atoms with Gasteiger partial charge in [-0.15, -0.1) is 0 Å². The molecule has 0 fully saturated rings. The molecule has 4 aromatic heterocycles. The SMILES string of the molecule is Cc1cc[c-]c(-n2[c-][n+](C)c3ccccc32)c1.Cc1cc[c-]c(-n2[c-][n+](C)c3ccccc32)c1.[Ir].c1ccc(-c2cnn[n-]2)nc1. The van der Waals surface area contributed by atoms with Crippen molar-refractivity contribution < 1.29 is 29.2 Å². The van der Waals surface area contributed by atoms with E-state index in [-0.39, 0.29) is 20.1 Å². The molecule has 4 heterocycles. The first kappa shape index (κ1) is 32.2. The van der Waals surface area contributed by atoms with E-state index in [1.54, 1.807) is 12.4 Å². The molecule has 0 atom stereocenters. The number of imidazole rings is 2. The average molecular weight is 780 g/mol. The first-order valence-electron chi connectivity index (χ1n) is 14.5. The zero-order chi connectivity index (χ0) is 31.2. The summed E-state index contributed by atoms with van der Waals surface area (Å²) < 4.78 is 8.10. The molecule has 0 aliphatic rings. The van der Waals surface area contributed by atoms with Crippen LogP contribution >= 0.6 is 0 Å². The molecule has 0 saturated heterocycles. The fraction of sp³-hybridized carbons (Fsp3) is 0.108. The third kappa shape index (κ3) is 7.18. The molecule has 0 bridgehead atoms. The monoisotopic (exact) mass is 780 g/mol. The maximum Gasteiger partial charge on any atom is 0.242 e. The fourth-order valence-corrected chi connectivity index (χ4v) is 4.95. The van der Waals surface area contributed by atoms with Crippen LogP contribution < -0.4 is 14.2 Å². The van der Waals surface area contributed by atoms with E-state index in [0.717, 1.165) is 28.1 Å². The molecule has 0 amide bonds. The zero-order valence-corrected chi connectivity index (χ0v) is 28.3. The molecule has 4 aromatic carbocycles. The largest absolute Gasteiger partial charge is 0.358 e. The van der Waals surface area contributed by atoms with Gasteiger partial charge in [-0.1, -0.05) is 86.0 Å². The summed E-state index contributed by atoms with van der Waals surface area (Å²) in [5.74, 6) is 0. The van der Waals surface area contributed by atoms with Gasteiger partial charge >= 0.3 is 0 Å². The van der Waals surface area contributed by atoms with E-state index in [2.05, 4.69) is 108 Å². The van der Waals surface area contributed by atoms with Crippen LogP contribution in [0.2, 0.25) is 0 Å². The number of rotatable bonds is 3. The van der Waals surface area contributed by atoms with Crippen LogP contribution in [-0.2, 0) is 34.2 Å². The van der Waals surface area contributed by atoms with Gasteiger partial charge in [-0.2, -0.15) is 59.7 Å². The molecule has 231 valence electrons. The molecule has 9 heteroatoms. The van der Waals surface area contributed by atoms with Gasteiger partial charge in [-0.25, -0.2) is 0 Å². The minimum atomic E-state index is 0. The molecule has 8 rings (SSSR count). The Hall–Kier alpha value is -5.24. The summed E-state index contributed by atoms with van der Waals surface area (Å²) in [7, 11) is 4.02. The second-order valence-corrected chi connectivity index (χ2v) is 10.5. The number of hydrogen-bond acceptors (Lipinski definition) is 3. The van der Waals surface area contributed by atoms with Crippen LogP contribution in [0.5, 0.6) is 0 Å². The topological polar surface area (TPSA) is 70.4 Å². The van der Waals surface area contributed by atoms with Crippen molar-refractivity contribution in [2.24, 2.45) is 14.1 Å². The van der Waals surface area contributed by atoms with E-state index in [1.807, 2.05) is 87.0 Å². The quantitative estimate of drug-likeness (QED) is 0.182. The Balaban J connectivity index is 0.000000138. The molecule has 0 unspecified atom stereocenters. The number of aromatic nitrogens is 8. The van der Waals surface area contributed by atoms with E-state index in [4.69, 9.17) is 0 Å². The molecule has 0 saturated carbocycles. The van der Waals surface area contributed by atoms with Gasteiger partial charge in [0, 0.05) is 26.3 Å². The van der Waals surface area contributed by atoms with E-state index < -0.39 is 0 Å². The Morgan fingerprint density at radius 1 is 0.674 bits per heavy atom. The third-order valence-corrected chi connectivity index (χ3v) is 7.14. The molecular weight excluding hydrogens is 749 g/mol. The Bertz CT molecular complexity index is 2040. The predicted molar refractivity (Wildman–Crippen MR) is 172 cm³/mol. The molecule has 46 heavy (non-hydrogen) atoms. The van der Waals surface area contributed by atoms with Gasteiger partial charge < -0.3 is 28.5 Å². The normalized spacial score (nSPS) is 10.4. The van der Waals surface area contributed by atoms with Crippen molar-refractivity contribution in [3.05, 3.63) is 151 Å². The molecular formula is C37H31IrN8-3. The van der Waals surface area contributed by atoms with Crippen LogP contribution in [0.3, 0.4) is 0 Å². The van der Waals surface area contributed by atoms with Gasteiger partial charge in [0.2, 0.25) is 12.7 Å². The van der Waals surface area contributed by atoms with Gasteiger partial charge in [0.1, 0.15) is 0 Å². The third-order valence-electron chi connectivity index (χ3n) is 7.14. The number of benzene rings is 4. The maximum atomic E-state index is 4.08. The summed E-state index contributed by atoms with van der Waals surface area (Å²) in [5, 5.41) is 10.8. The Morgan fingerprint density at radius 3 is 1.65 bits per heavy atom. The van der Waals surface area contributed by atoms with Crippen LogP contribution in [0, 0.1) is 38.6 Å². The Morgan fingerprint density at radius 2 is 1.20 bits per heavy atom. The van der Waals surface area contributed by atoms with Crippen molar-refractivity contribution in [3.8, 4) is 22.8 Å². The van der Waals surface area contributed by atoms with Crippen LogP contribution in [0.1, 0.15) is 11.1 Å². The average Bonchev–Trinajstić information content (AvgIpc) is 3.81. The van der Waals surface area contributed by atoms with Crippen molar-refractivity contribution in [1.29, 1.82) is 0 Å². The predicted octanol–water partition coefficient (Wildman–Crippen LogP) is 5.22. The van der Waals surface area contributed by atoms with Crippen molar-refractivity contribution >= 4 is 22.1 Å². The Kier molecular flexibility index (Phi) is 10.3.